The van der Waals surface area contributed by atoms with Crippen LogP contribution in [-0.2, 0) is 6.54 Å². The summed E-state index contributed by atoms with van der Waals surface area (Å²) in [5.74, 6) is 1.23. The van der Waals surface area contributed by atoms with Gasteiger partial charge >= 0.3 is 0 Å². The number of aromatic nitrogens is 3. The molecule has 22 heavy (non-hydrogen) atoms. The molecule has 1 aromatic carbocycles. The molecule has 0 radical (unpaired) electrons. The van der Waals surface area contributed by atoms with Crippen LogP contribution in [0.4, 0.5) is 0 Å². The summed E-state index contributed by atoms with van der Waals surface area (Å²) in [7, 11) is 0. The Hall–Kier alpha value is -2.61. The Labute approximate surface area is 129 Å². The fraction of sp³-hybridized carbons (Fsp3) is 0.214. The zero-order chi connectivity index (χ0) is 15.1. The Morgan fingerprint density at radius 2 is 2.27 bits per heavy atom. The highest BCUT2D eigenvalue weighted by molar-refractivity contribution is 7.14. The second kappa shape index (κ2) is 4.99. The second-order valence-electron chi connectivity index (χ2n) is 4.85. The van der Waals surface area contributed by atoms with Gasteiger partial charge in [0.2, 0.25) is 11.8 Å². The first-order chi connectivity index (χ1) is 10.7. The summed E-state index contributed by atoms with van der Waals surface area (Å²) in [4.78, 5) is 17.4. The van der Waals surface area contributed by atoms with Crippen molar-refractivity contribution in [3.8, 4) is 11.5 Å². The van der Waals surface area contributed by atoms with Gasteiger partial charge in [0.1, 0.15) is 5.51 Å². The molecule has 7 nitrogen and oxygen atoms in total. The van der Waals surface area contributed by atoms with E-state index in [2.05, 4.69) is 15.4 Å². The average Bonchev–Trinajstić information content (AvgIpc) is 3.19. The van der Waals surface area contributed by atoms with Crippen LogP contribution in [0.2, 0.25) is 0 Å². The van der Waals surface area contributed by atoms with E-state index >= 15 is 0 Å². The fourth-order valence-electron chi connectivity index (χ4n) is 2.37. The predicted molar refractivity (Wildman–Crippen MR) is 79.3 cm³/mol. The van der Waals surface area contributed by atoms with Crippen molar-refractivity contribution in [2.45, 2.75) is 13.5 Å². The van der Waals surface area contributed by atoms with E-state index in [4.69, 9.17) is 9.47 Å². The van der Waals surface area contributed by atoms with Crippen molar-refractivity contribution in [2.75, 3.05) is 6.79 Å². The van der Waals surface area contributed by atoms with Gasteiger partial charge < -0.3 is 14.8 Å². The molecule has 0 bridgehead atoms. The van der Waals surface area contributed by atoms with Crippen LogP contribution in [0.5, 0.6) is 11.5 Å². The summed E-state index contributed by atoms with van der Waals surface area (Å²) >= 11 is 1.40. The molecule has 1 aliphatic rings. The van der Waals surface area contributed by atoms with Gasteiger partial charge in [0.25, 0.3) is 5.91 Å². The predicted octanol–water partition coefficient (Wildman–Crippen LogP) is 1.76. The number of nitrogens with zero attached hydrogens (tertiary/aromatic N) is 3. The number of benzene rings is 1. The molecule has 4 rings (SSSR count). The van der Waals surface area contributed by atoms with Gasteiger partial charge in [-0.05, 0) is 24.6 Å². The van der Waals surface area contributed by atoms with Crippen LogP contribution in [0.3, 0.4) is 0 Å². The first-order valence-corrected chi connectivity index (χ1v) is 7.56. The Morgan fingerprint density at radius 1 is 1.41 bits per heavy atom. The zero-order valence-electron chi connectivity index (χ0n) is 11.7. The van der Waals surface area contributed by atoms with Crippen molar-refractivity contribution < 1.29 is 14.3 Å². The van der Waals surface area contributed by atoms with Crippen molar-refractivity contribution >= 4 is 22.2 Å². The molecular weight excluding hydrogens is 304 g/mol. The topological polar surface area (TPSA) is 77.8 Å². The van der Waals surface area contributed by atoms with Crippen LogP contribution in [0.25, 0.3) is 4.96 Å². The number of imidazole rings is 1. The van der Waals surface area contributed by atoms with Gasteiger partial charge in [0.05, 0.1) is 5.69 Å². The van der Waals surface area contributed by atoms with Gasteiger partial charge in [0, 0.05) is 6.54 Å². The lowest BCUT2D eigenvalue weighted by molar-refractivity contribution is 0.0943. The lowest BCUT2D eigenvalue weighted by Gasteiger charge is -2.06. The van der Waals surface area contributed by atoms with Gasteiger partial charge in [-0.1, -0.05) is 17.4 Å². The Morgan fingerprint density at radius 3 is 3.18 bits per heavy atom. The summed E-state index contributed by atoms with van der Waals surface area (Å²) in [6, 6.07) is 5.60. The number of fused-ring (bicyclic) bond motifs is 2. The lowest BCUT2D eigenvalue weighted by Crippen LogP contribution is -2.25. The molecule has 0 fully saturated rings. The standard InChI is InChI=1S/C14H12N4O3S/c1-8-12(18-14(17-8)22-6-16-18)13(19)15-5-9-2-3-10-11(4-9)21-7-20-10/h2-4,6H,5,7H2,1H3,(H,15,19). The molecule has 1 aliphatic heterocycles. The van der Waals surface area contributed by atoms with Crippen molar-refractivity contribution in [3.05, 3.63) is 40.7 Å². The maximum absolute atomic E-state index is 12.4. The molecule has 0 atom stereocenters. The Bertz CT molecular complexity index is 870. The fourth-order valence-corrected chi connectivity index (χ4v) is 3.04. The SMILES string of the molecule is Cc1nc2scnn2c1C(=O)NCc1ccc2c(c1)OCO2. The number of rotatable bonds is 3. The van der Waals surface area contributed by atoms with Crippen LogP contribution < -0.4 is 14.8 Å². The average molecular weight is 316 g/mol. The highest BCUT2D eigenvalue weighted by atomic mass is 32.1. The number of amides is 1. The molecule has 0 saturated carbocycles. The van der Waals surface area contributed by atoms with E-state index in [1.807, 2.05) is 18.2 Å². The highest BCUT2D eigenvalue weighted by Gasteiger charge is 2.19. The monoisotopic (exact) mass is 316 g/mol. The maximum atomic E-state index is 12.4. The number of carbonyl (C=O) groups is 1. The number of ether oxygens (including phenoxy) is 2. The summed E-state index contributed by atoms with van der Waals surface area (Å²) in [5.41, 5.74) is 3.74. The van der Waals surface area contributed by atoms with Gasteiger partial charge in [-0.2, -0.15) is 9.61 Å². The number of carbonyl (C=O) groups excluding carboxylic acids is 1. The minimum absolute atomic E-state index is 0.200. The molecule has 2 aromatic heterocycles. The largest absolute Gasteiger partial charge is 0.454 e. The first kappa shape index (κ1) is 13.1. The third kappa shape index (κ3) is 2.08. The quantitative estimate of drug-likeness (QED) is 0.796. The van der Waals surface area contributed by atoms with Crippen LogP contribution >= 0.6 is 11.3 Å². The van der Waals surface area contributed by atoms with E-state index in [1.54, 1.807) is 16.9 Å². The minimum atomic E-state index is -0.200. The first-order valence-electron chi connectivity index (χ1n) is 6.68. The summed E-state index contributed by atoms with van der Waals surface area (Å²) in [6.07, 6.45) is 0. The molecule has 3 heterocycles. The van der Waals surface area contributed by atoms with Crippen molar-refractivity contribution in [2.24, 2.45) is 0 Å². The molecule has 0 saturated heterocycles. The number of nitrogens with one attached hydrogen (secondary N) is 1. The smallest absolute Gasteiger partial charge is 0.272 e. The number of hydrogen-bond donors (Lipinski definition) is 1. The van der Waals surface area contributed by atoms with Gasteiger partial charge in [-0.15, -0.1) is 0 Å². The van der Waals surface area contributed by atoms with Crippen LogP contribution in [0.15, 0.2) is 23.7 Å². The molecule has 0 spiro atoms. The minimum Gasteiger partial charge on any atom is -0.454 e. The molecule has 0 aliphatic carbocycles. The van der Waals surface area contributed by atoms with Gasteiger partial charge in [0.15, 0.2) is 17.2 Å². The van der Waals surface area contributed by atoms with Crippen molar-refractivity contribution in [1.82, 2.24) is 19.9 Å². The molecule has 8 heteroatoms. The number of hydrogen-bond acceptors (Lipinski definition) is 6. The lowest BCUT2D eigenvalue weighted by atomic mass is 10.2. The molecular formula is C14H12N4O3S. The second-order valence-corrected chi connectivity index (χ2v) is 5.66. The van der Waals surface area contributed by atoms with Crippen LogP contribution in [0.1, 0.15) is 21.7 Å². The van der Waals surface area contributed by atoms with E-state index in [1.165, 1.54) is 11.3 Å². The summed E-state index contributed by atoms with van der Waals surface area (Å²) < 4.78 is 12.2. The van der Waals surface area contributed by atoms with Crippen molar-refractivity contribution in [3.63, 3.8) is 0 Å². The Balaban J connectivity index is 1.53. The highest BCUT2D eigenvalue weighted by Crippen LogP contribution is 2.32. The Kier molecular flexibility index (Phi) is 2.97. The van der Waals surface area contributed by atoms with E-state index in [9.17, 15) is 4.79 Å². The van der Waals surface area contributed by atoms with E-state index in [-0.39, 0.29) is 12.7 Å². The van der Waals surface area contributed by atoms with Crippen LogP contribution in [-0.4, -0.2) is 27.3 Å². The molecule has 1 N–H and O–H groups in total. The zero-order valence-corrected chi connectivity index (χ0v) is 12.5. The van der Waals surface area contributed by atoms with Gasteiger partial charge in [-0.25, -0.2) is 4.98 Å². The van der Waals surface area contributed by atoms with E-state index in [0.717, 1.165) is 11.3 Å². The molecule has 112 valence electrons. The molecule has 0 unspecified atom stereocenters. The van der Waals surface area contributed by atoms with Crippen molar-refractivity contribution in [1.29, 1.82) is 0 Å². The summed E-state index contributed by atoms with van der Waals surface area (Å²) in [6.45, 7) is 2.44. The van der Waals surface area contributed by atoms with E-state index in [0.29, 0.717) is 28.6 Å². The number of aryl methyl sites for hydroxylation is 1. The maximum Gasteiger partial charge on any atom is 0.272 e. The normalized spacial score (nSPS) is 12.8. The molecule has 3 aromatic rings. The van der Waals surface area contributed by atoms with Crippen LogP contribution in [0, 0.1) is 6.92 Å². The van der Waals surface area contributed by atoms with Gasteiger partial charge in [-0.3, -0.25) is 4.79 Å². The molecule has 1 amide bonds. The third-order valence-corrected chi connectivity index (χ3v) is 4.10. The third-order valence-electron chi connectivity index (χ3n) is 3.42. The van der Waals surface area contributed by atoms with E-state index < -0.39 is 0 Å². The summed E-state index contributed by atoms with van der Waals surface area (Å²) in [5, 5.41) is 7.02.